The van der Waals surface area contributed by atoms with Crippen molar-refractivity contribution in [1.82, 2.24) is 29.4 Å². The molecule has 202 valence electrons. The van der Waals surface area contributed by atoms with Crippen LogP contribution in [0.4, 0.5) is 0 Å². The van der Waals surface area contributed by atoms with Crippen LogP contribution in [0.2, 0.25) is 0 Å². The molecule has 4 aromatic rings. The van der Waals surface area contributed by atoms with Gasteiger partial charge in [-0.05, 0) is 73.6 Å². The van der Waals surface area contributed by atoms with Gasteiger partial charge in [0.05, 0.1) is 18.8 Å². The van der Waals surface area contributed by atoms with Crippen molar-refractivity contribution in [3.63, 3.8) is 0 Å². The minimum atomic E-state index is 0.00941. The summed E-state index contributed by atoms with van der Waals surface area (Å²) >= 11 is 1.94. The van der Waals surface area contributed by atoms with Crippen molar-refractivity contribution < 1.29 is 9.90 Å². The summed E-state index contributed by atoms with van der Waals surface area (Å²) in [6.45, 7) is 13.1. The summed E-state index contributed by atoms with van der Waals surface area (Å²) < 4.78 is 1.89. The first-order chi connectivity index (χ1) is 18.2. The number of nitrogens with zero attached hydrogens (tertiary/aromatic N) is 5. The molecule has 8 nitrogen and oxygen atoms in total. The van der Waals surface area contributed by atoms with Gasteiger partial charge in [-0.15, -0.1) is 11.3 Å². The number of aliphatic hydroxyl groups is 1. The second-order valence-electron chi connectivity index (χ2n) is 11.6. The molecule has 1 unspecified atom stereocenters. The van der Waals surface area contributed by atoms with E-state index in [0.29, 0.717) is 36.9 Å². The molecule has 2 fully saturated rings. The molecule has 1 aliphatic carbocycles. The van der Waals surface area contributed by atoms with E-state index in [2.05, 4.69) is 60.8 Å². The van der Waals surface area contributed by atoms with Crippen molar-refractivity contribution in [1.29, 1.82) is 0 Å². The summed E-state index contributed by atoms with van der Waals surface area (Å²) in [6.07, 6.45) is 6.03. The van der Waals surface area contributed by atoms with E-state index in [1.807, 2.05) is 15.9 Å². The summed E-state index contributed by atoms with van der Waals surface area (Å²) in [5.74, 6) is 1.64. The SMILES string of the molecule is Cc1c(-c2[nH]c3sc([C@@H]4CC5C[C@H]4CN5CC(=O)N(C)CCO)c(C)c3c2C(C)C)cn2ncnc2c1C. The average Bonchev–Trinajstić information content (AvgIpc) is 3.68. The summed E-state index contributed by atoms with van der Waals surface area (Å²) in [7, 11) is 1.78. The Kier molecular flexibility index (Phi) is 6.36. The van der Waals surface area contributed by atoms with Gasteiger partial charge in [0.15, 0.2) is 5.65 Å². The second kappa shape index (κ2) is 9.47. The van der Waals surface area contributed by atoms with Crippen LogP contribution in [-0.2, 0) is 4.79 Å². The van der Waals surface area contributed by atoms with Gasteiger partial charge in [-0.2, -0.15) is 5.10 Å². The van der Waals surface area contributed by atoms with E-state index >= 15 is 0 Å². The Morgan fingerprint density at radius 1 is 1.24 bits per heavy atom. The Bertz CT molecular complexity index is 1530. The van der Waals surface area contributed by atoms with Crippen LogP contribution in [-0.4, -0.2) is 79.7 Å². The summed E-state index contributed by atoms with van der Waals surface area (Å²) in [6, 6.07) is 0.469. The number of aliphatic hydroxyl groups excluding tert-OH is 1. The summed E-state index contributed by atoms with van der Waals surface area (Å²) in [5.41, 5.74) is 8.54. The fraction of sp³-hybridized carbons (Fsp3) is 0.552. The molecule has 4 aromatic heterocycles. The molecule has 1 amide bonds. The monoisotopic (exact) mass is 534 g/mol. The lowest BCUT2D eigenvalue weighted by atomic mass is 9.88. The van der Waals surface area contributed by atoms with E-state index in [0.717, 1.165) is 24.2 Å². The van der Waals surface area contributed by atoms with Gasteiger partial charge in [-0.1, -0.05) is 13.8 Å². The normalized spacial score (nSPS) is 21.5. The Morgan fingerprint density at radius 2 is 2.03 bits per heavy atom. The molecule has 9 heteroatoms. The first-order valence-corrected chi connectivity index (χ1v) is 14.5. The topological polar surface area (TPSA) is 89.8 Å². The quantitative estimate of drug-likeness (QED) is 0.361. The van der Waals surface area contributed by atoms with E-state index in [1.54, 1.807) is 18.3 Å². The molecule has 0 radical (unpaired) electrons. The van der Waals surface area contributed by atoms with E-state index in [1.165, 1.54) is 49.5 Å². The third-order valence-corrected chi connectivity index (χ3v) is 10.5. The van der Waals surface area contributed by atoms with E-state index in [-0.39, 0.29) is 12.5 Å². The number of nitrogens with one attached hydrogen (secondary N) is 1. The molecule has 5 heterocycles. The van der Waals surface area contributed by atoms with Crippen LogP contribution in [0.1, 0.15) is 65.7 Å². The molecule has 1 saturated carbocycles. The molecule has 1 aliphatic heterocycles. The lowest BCUT2D eigenvalue weighted by molar-refractivity contribution is -0.132. The van der Waals surface area contributed by atoms with Crippen LogP contribution in [0.25, 0.3) is 27.1 Å². The number of thiophene rings is 1. The Labute approximate surface area is 227 Å². The van der Waals surface area contributed by atoms with Crippen molar-refractivity contribution >= 4 is 33.1 Å². The molecule has 2 N–H and O–H groups in total. The minimum Gasteiger partial charge on any atom is -0.395 e. The van der Waals surface area contributed by atoms with Crippen molar-refractivity contribution in [2.75, 3.05) is 33.3 Å². The predicted molar refractivity (Wildman–Crippen MR) is 152 cm³/mol. The Balaban J connectivity index is 1.32. The molecule has 1 saturated heterocycles. The smallest absolute Gasteiger partial charge is 0.236 e. The van der Waals surface area contributed by atoms with Crippen LogP contribution >= 0.6 is 11.3 Å². The van der Waals surface area contributed by atoms with Crippen molar-refractivity contribution in [3.8, 4) is 11.3 Å². The largest absolute Gasteiger partial charge is 0.395 e. The number of fused-ring (bicyclic) bond motifs is 4. The number of likely N-dealkylation sites (tertiary alicyclic amines) is 1. The first-order valence-electron chi connectivity index (χ1n) is 13.7. The maximum Gasteiger partial charge on any atom is 0.236 e. The molecule has 2 aliphatic rings. The van der Waals surface area contributed by atoms with Crippen LogP contribution < -0.4 is 0 Å². The zero-order chi connectivity index (χ0) is 26.9. The number of hydrogen-bond acceptors (Lipinski definition) is 6. The number of piperidine rings is 1. The van der Waals surface area contributed by atoms with E-state index in [4.69, 9.17) is 5.11 Å². The zero-order valence-corrected chi connectivity index (χ0v) is 24.0. The predicted octanol–water partition coefficient (Wildman–Crippen LogP) is 4.62. The number of H-pyrrole nitrogens is 1. The van der Waals surface area contributed by atoms with Crippen LogP contribution in [0.15, 0.2) is 12.5 Å². The number of aryl methyl sites for hydroxylation is 2. The number of aromatic amines is 1. The van der Waals surface area contributed by atoms with Gasteiger partial charge in [0, 0.05) is 48.2 Å². The number of carbonyl (C=O) groups is 1. The molecule has 0 spiro atoms. The van der Waals surface area contributed by atoms with Crippen LogP contribution in [0.3, 0.4) is 0 Å². The molecular weight excluding hydrogens is 496 g/mol. The van der Waals surface area contributed by atoms with Gasteiger partial charge in [-0.25, -0.2) is 9.50 Å². The summed E-state index contributed by atoms with van der Waals surface area (Å²) in [5, 5.41) is 15.0. The highest BCUT2D eigenvalue weighted by Gasteiger charge is 2.46. The molecule has 3 atom stereocenters. The van der Waals surface area contributed by atoms with Gasteiger partial charge in [0.25, 0.3) is 0 Å². The standard InChI is InChI=1S/C29H38N6O2S/c1-15(2)24-25-18(5)27(21-10-20-9-19(21)11-34(20)13-23(37)33(6)7-8-36)38-29(25)32-26(24)22-12-35-28(30-14-31-35)17(4)16(22)3/h12,14-15,19-21,32,36H,7-11,13H2,1-6H3/t19-,20?,21+/m0/s1. The van der Waals surface area contributed by atoms with Gasteiger partial charge in [0.1, 0.15) is 11.2 Å². The average molecular weight is 535 g/mol. The highest BCUT2D eigenvalue weighted by molar-refractivity contribution is 7.19. The summed E-state index contributed by atoms with van der Waals surface area (Å²) in [4.78, 5) is 27.7. The number of likely N-dealkylation sites (N-methyl/N-ethyl adjacent to an activating group) is 1. The maximum absolute atomic E-state index is 12.6. The van der Waals surface area contributed by atoms with Crippen LogP contribution in [0, 0.1) is 26.7 Å². The lowest BCUT2D eigenvalue weighted by Gasteiger charge is -2.32. The first kappa shape index (κ1) is 25.5. The minimum absolute atomic E-state index is 0.00941. The lowest BCUT2D eigenvalue weighted by Crippen LogP contribution is -2.43. The van der Waals surface area contributed by atoms with Gasteiger partial charge in [0.2, 0.25) is 5.91 Å². The fourth-order valence-corrected chi connectivity index (χ4v) is 8.41. The maximum atomic E-state index is 12.6. The molecule has 38 heavy (non-hydrogen) atoms. The van der Waals surface area contributed by atoms with Gasteiger partial charge in [-0.3, -0.25) is 9.69 Å². The number of rotatable bonds is 7. The van der Waals surface area contributed by atoms with Crippen molar-refractivity contribution in [3.05, 3.63) is 39.7 Å². The van der Waals surface area contributed by atoms with E-state index < -0.39 is 0 Å². The van der Waals surface area contributed by atoms with Gasteiger partial charge < -0.3 is 15.0 Å². The Hall–Kier alpha value is -2.75. The van der Waals surface area contributed by atoms with Crippen molar-refractivity contribution in [2.24, 2.45) is 5.92 Å². The number of aromatic nitrogens is 4. The Morgan fingerprint density at radius 3 is 2.71 bits per heavy atom. The third kappa shape index (κ3) is 3.89. The van der Waals surface area contributed by atoms with Crippen LogP contribution in [0.5, 0.6) is 0 Å². The molecule has 2 bridgehead atoms. The fourth-order valence-electron chi connectivity index (χ4n) is 6.98. The highest BCUT2D eigenvalue weighted by atomic mass is 32.1. The molecule has 0 aromatic carbocycles. The van der Waals surface area contributed by atoms with Crippen molar-refractivity contribution in [2.45, 2.75) is 65.3 Å². The number of hydrogen-bond donors (Lipinski definition) is 2. The number of carbonyl (C=O) groups excluding carboxylic acids is 1. The third-order valence-electron chi connectivity index (χ3n) is 9.13. The molecular formula is C29H38N6O2S. The van der Waals surface area contributed by atoms with Gasteiger partial charge >= 0.3 is 0 Å². The highest BCUT2D eigenvalue weighted by Crippen LogP contribution is 2.53. The van der Waals surface area contributed by atoms with E-state index in [9.17, 15) is 4.79 Å². The number of amides is 1. The zero-order valence-electron chi connectivity index (χ0n) is 23.2. The number of pyridine rings is 1. The second-order valence-corrected chi connectivity index (χ2v) is 12.7. The molecule has 6 rings (SSSR count).